The molecule has 0 fully saturated rings. The Hall–Kier alpha value is -3.67. The van der Waals surface area contributed by atoms with Crippen molar-refractivity contribution in [2.24, 2.45) is 12.8 Å². The van der Waals surface area contributed by atoms with Crippen molar-refractivity contribution < 1.29 is 32.6 Å². The molecule has 0 spiro atoms. The summed E-state index contributed by atoms with van der Waals surface area (Å²) >= 11 is 0. The average molecular weight is 437 g/mol. The summed E-state index contributed by atoms with van der Waals surface area (Å²) in [4.78, 5) is 27.2. The van der Waals surface area contributed by atoms with E-state index in [4.69, 9.17) is 10.5 Å². The average Bonchev–Trinajstić information content (AvgIpc) is 3.04. The maximum absolute atomic E-state index is 13.1. The van der Waals surface area contributed by atoms with Gasteiger partial charge in [-0.3, -0.25) is 19.3 Å². The quantitative estimate of drug-likeness (QED) is 0.508. The molecule has 1 unspecified atom stereocenters. The van der Waals surface area contributed by atoms with Gasteiger partial charge in [-0.15, -0.1) is 0 Å². The van der Waals surface area contributed by atoms with Crippen LogP contribution in [0.25, 0.3) is 10.9 Å². The van der Waals surface area contributed by atoms with Crippen LogP contribution in [-0.2, 0) is 24.6 Å². The van der Waals surface area contributed by atoms with Gasteiger partial charge in [-0.2, -0.15) is 18.3 Å². The molecule has 0 aliphatic heterocycles. The molecule has 3 rings (SSSR count). The van der Waals surface area contributed by atoms with E-state index in [-0.39, 0.29) is 17.0 Å². The zero-order valence-electron chi connectivity index (χ0n) is 16.2. The topological polar surface area (TPSA) is 132 Å². The number of fused-ring (bicyclic) bond motifs is 1. The molecule has 4 N–H and O–H groups in total. The number of carbonyl (C=O) groups excluding carboxylic acids is 2. The van der Waals surface area contributed by atoms with Crippen LogP contribution in [0.5, 0.6) is 5.75 Å². The van der Waals surface area contributed by atoms with Crippen molar-refractivity contribution >= 4 is 22.7 Å². The number of amides is 2. The monoisotopic (exact) mass is 437 g/mol. The summed E-state index contributed by atoms with van der Waals surface area (Å²) in [6, 6.07) is 5.82. The van der Waals surface area contributed by atoms with Gasteiger partial charge in [-0.25, -0.2) is 0 Å². The molecule has 2 heterocycles. The molecule has 0 saturated carbocycles. The van der Waals surface area contributed by atoms with Gasteiger partial charge >= 0.3 is 6.18 Å². The van der Waals surface area contributed by atoms with E-state index >= 15 is 0 Å². The van der Waals surface area contributed by atoms with Crippen LogP contribution in [0.3, 0.4) is 0 Å². The van der Waals surface area contributed by atoms with Crippen molar-refractivity contribution in [1.82, 2.24) is 20.1 Å². The van der Waals surface area contributed by atoms with Gasteiger partial charge in [0.1, 0.15) is 24.1 Å². The number of hydrogen-bond donors (Lipinski definition) is 3. The number of alkyl halides is 3. The molecule has 0 radical (unpaired) electrons. The number of aromatic nitrogens is 3. The number of ether oxygens (including phenoxy) is 1. The second-order valence-electron chi connectivity index (χ2n) is 6.56. The molecule has 2 aromatic heterocycles. The number of aliphatic hydroxyl groups excluding tert-OH is 1. The van der Waals surface area contributed by atoms with E-state index in [9.17, 15) is 27.9 Å². The van der Waals surface area contributed by atoms with Crippen LogP contribution in [0.2, 0.25) is 0 Å². The molecule has 0 saturated heterocycles. The number of halogens is 3. The number of nitrogens with zero attached hydrogens (tertiary/aromatic N) is 3. The number of carbonyl (C=O) groups is 2. The van der Waals surface area contributed by atoms with Crippen LogP contribution in [-0.4, -0.2) is 44.3 Å². The van der Waals surface area contributed by atoms with Gasteiger partial charge in [-0.1, -0.05) is 6.07 Å². The van der Waals surface area contributed by atoms with Crippen LogP contribution >= 0.6 is 0 Å². The first-order chi connectivity index (χ1) is 14.6. The summed E-state index contributed by atoms with van der Waals surface area (Å²) in [6.07, 6.45) is -3.58. The number of pyridine rings is 1. The Kier molecular flexibility index (Phi) is 6.11. The summed E-state index contributed by atoms with van der Waals surface area (Å²) in [5.41, 5.74) is 4.40. The van der Waals surface area contributed by atoms with Gasteiger partial charge in [0.15, 0.2) is 5.69 Å². The Balaban J connectivity index is 1.87. The van der Waals surface area contributed by atoms with Crippen molar-refractivity contribution in [1.29, 1.82) is 0 Å². The van der Waals surface area contributed by atoms with Crippen molar-refractivity contribution in [3.8, 4) is 5.75 Å². The fourth-order valence-corrected chi connectivity index (χ4v) is 2.94. The smallest absolute Gasteiger partial charge is 0.433 e. The number of aliphatic hydroxyl groups is 1. The zero-order chi connectivity index (χ0) is 22.8. The predicted molar refractivity (Wildman–Crippen MR) is 102 cm³/mol. The maximum Gasteiger partial charge on any atom is 0.433 e. The highest BCUT2D eigenvalue weighted by Crippen LogP contribution is 2.31. The van der Waals surface area contributed by atoms with Gasteiger partial charge in [0, 0.05) is 24.2 Å². The molecule has 0 aliphatic rings. The van der Waals surface area contributed by atoms with Crippen LogP contribution in [0.1, 0.15) is 21.7 Å². The minimum absolute atomic E-state index is 0.0532. The largest absolute Gasteiger partial charge is 0.489 e. The van der Waals surface area contributed by atoms with E-state index < -0.39 is 42.9 Å². The number of nitrogens with two attached hydrogens (primary N) is 1. The highest BCUT2D eigenvalue weighted by Gasteiger charge is 2.35. The van der Waals surface area contributed by atoms with Crippen LogP contribution in [0.4, 0.5) is 13.2 Å². The summed E-state index contributed by atoms with van der Waals surface area (Å²) in [5.74, 6) is -1.44. The Bertz CT molecular complexity index is 1130. The van der Waals surface area contributed by atoms with E-state index in [1.54, 1.807) is 0 Å². The number of benzene rings is 1. The third-order valence-electron chi connectivity index (χ3n) is 4.41. The lowest BCUT2D eigenvalue weighted by Gasteiger charge is -2.13. The number of primary amides is 1. The zero-order valence-corrected chi connectivity index (χ0v) is 16.2. The summed E-state index contributed by atoms with van der Waals surface area (Å²) in [5, 5.41) is 16.0. The van der Waals surface area contributed by atoms with Gasteiger partial charge in [0.05, 0.1) is 12.1 Å². The molecule has 31 heavy (non-hydrogen) atoms. The molecule has 164 valence electrons. The van der Waals surface area contributed by atoms with E-state index in [2.05, 4.69) is 15.4 Å². The molecule has 12 heteroatoms. The second kappa shape index (κ2) is 8.60. The molecule has 0 bridgehead atoms. The van der Waals surface area contributed by atoms with E-state index in [0.29, 0.717) is 10.9 Å². The lowest BCUT2D eigenvalue weighted by Crippen LogP contribution is -2.47. The highest BCUT2D eigenvalue weighted by molar-refractivity contribution is 6.06. The number of rotatable bonds is 7. The van der Waals surface area contributed by atoms with Gasteiger partial charge in [0.2, 0.25) is 5.91 Å². The first kappa shape index (κ1) is 22.0. The van der Waals surface area contributed by atoms with Gasteiger partial charge in [-0.05, 0) is 24.3 Å². The lowest BCUT2D eigenvalue weighted by molar-refractivity contribution is -0.142. The van der Waals surface area contributed by atoms with Crippen LogP contribution in [0, 0.1) is 0 Å². The minimum atomic E-state index is -4.62. The van der Waals surface area contributed by atoms with E-state index in [0.717, 1.165) is 6.20 Å². The maximum atomic E-state index is 13.1. The fraction of sp³-hybridized carbons (Fsp3) is 0.263. The molecular formula is C19H18F3N5O4. The Morgan fingerprint density at radius 3 is 2.71 bits per heavy atom. The molecule has 9 nitrogen and oxygen atoms in total. The standard InChI is InChI=1S/C19H18F3N5O4/c1-27-15(18(30)25-14(8-28)17(23)29)12-7-11(4-5-13(12)26-27)31-9-10-3-2-6-24-16(10)19(20,21)22/h2-7,14,28H,8-9H2,1H3,(H2,23,29)(H,25,30). The normalized spacial score (nSPS) is 12.5. The van der Waals surface area contributed by atoms with Gasteiger partial charge in [0.25, 0.3) is 5.91 Å². The Labute approximate surface area is 173 Å². The minimum Gasteiger partial charge on any atom is -0.489 e. The first-order valence-electron chi connectivity index (χ1n) is 8.93. The number of hydrogen-bond acceptors (Lipinski definition) is 6. The predicted octanol–water partition coefficient (Wildman–Crippen LogP) is 1.14. The van der Waals surface area contributed by atoms with Crippen molar-refractivity contribution in [2.45, 2.75) is 18.8 Å². The first-order valence-corrected chi connectivity index (χ1v) is 8.93. The molecule has 0 aliphatic carbocycles. The summed E-state index contributed by atoms with van der Waals surface area (Å²) < 4.78 is 46.0. The number of nitrogens with one attached hydrogen (secondary N) is 1. The lowest BCUT2D eigenvalue weighted by atomic mass is 10.1. The molecule has 1 atom stereocenters. The van der Waals surface area contributed by atoms with E-state index in [1.165, 1.54) is 42.1 Å². The van der Waals surface area contributed by atoms with Crippen LogP contribution in [0.15, 0.2) is 36.5 Å². The van der Waals surface area contributed by atoms with Crippen molar-refractivity contribution in [3.05, 3.63) is 53.5 Å². The molecule has 2 amide bonds. The Morgan fingerprint density at radius 2 is 2.06 bits per heavy atom. The van der Waals surface area contributed by atoms with Crippen molar-refractivity contribution in [2.75, 3.05) is 6.61 Å². The van der Waals surface area contributed by atoms with E-state index in [1.807, 2.05) is 0 Å². The Morgan fingerprint density at radius 1 is 1.32 bits per heavy atom. The third kappa shape index (κ3) is 4.74. The third-order valence-corrected chi connectivity index (χ3v) is 4.41. The highest BCUT2D eigenvalue weighted by atomic mass is 19.4. The fourth-order valence-electron chi connectivity index (χ4n) is 2.94. The van der Waals surface area contributed by atoms with Gasteiger partial charge < -0.3 is 20.9 Å². The summed E-state index contributed by atoms with van der Waals surface area (Å²) in [6.45, 7) is -1.08. The van der Waals surface area contributed by atoms with Crippen molar-refractivity contribution in [3.63, 3.8) is 0 Å². The van der Waals surface area contributed by atoms with Crippen LogP contribution < -0.4 is 15.8 Å². The SMILES string of the molecule is Cn1nc2ccc(OCc3cccnc3C(F)(F)F)cc2c1C(=O)NC(CO)C(N)=O. The molecular weight excluding hydrogens is 419 g/mol. The second-order valence-corrected chi connectivity index (χ2v) is 6.56. The molecule has 3 aromatic rings. The number of aryl methyl sites for hydroxylation is 1. The summed E-state index contributed by atoms with van der Waals surface area (Å²) in [7, 11) is 1.50. The molecule has 1 aromatic carbocycles.